The van der Waals surface area contributed by atoms with Crippen LogP contribution in [-0.4, -0.2) is 41.4 Å². The van der Waals surface area contributed by atoms with Crippen LogP contribution in [-0.2, 0) is 0 Å². The number of benzene rings is 2. The van der Waals surface area contributed by atoms with Crippen molar-refractivity contribution < 1.29 is 22.7 Å². The molecule has 1 aromatic heterocycles. The molecule has 30 heavy (non-hydrogen) atoms. The predicted molar refractivity (Wildman–Crippen MR) is 104 cm³/mol. The zero-order valence-corrected chi connectivity index (χ0v) is 15.6. The fraction of sp³-hybridized carbons (Fsp3) is 0.250. The van der Waals surface area contributed by atoms with E-state index in [2.05, 4.69) is 25.3 Å². The van der Waals surface area contributed by atoms with Crippen molar-refractivity contribution in [2.75, 3.05) is 18.4 Å². The first-order chi connectivity index (χ1) is 14.3. The van der Waals surface area contributed by atoms with E-state index in [9.17, 15) is 18.0 Å². The van der Waals surface area contributed by atoms with E-state index in [4.69, 9.17) is 5.73 Å². The van der Waals surface area contributed by atoms with Gasteiger partial charge in [0.05, 0.1) is 11.1 Å². The predicted octanol–water partition coefficient (Wildman–Crippen LogP) is 2.79. The van der Waals surface area contributed by atoms with Crippen molar-refractivity contribution >= 4 is 22.6 Å². The van der Waals surface area contributed by atoms with Gasteiger partial charge in [-0.15, -0.1) is 13.2 Å². The normalized spacial score (nSPS) is 19.0. The van der Waals surface area contributed by atoms with E-state index in [1.54, 1.807) is 30.3 Å². The molecule has 0 spiro atoms. The van der Waals surface area contributed by atoms with Crippen LogP contribution in [0.25, 0.3) is 10.9 Å². The highest BCUT2D eigenvalue weighted by molar-refractivity contribution is 6.06. The van der Waals surface area contributed by atoms with Crippen LogP contribution in [0.3, 0.4) is 0 Å². The molecule has 1 aliphatic rings. The van der Waals surface area contributed by atoms with Crippen LogP contribution < -0.4 is 21.1 Å². The highest BCUT2D eigenvalue weighted by Gasteiger charge is 2.32. The summed E-state index contributed by atoms with van der Waals surface area (Å²) in [6.45, 7) is 1.28. The second-order valence-corrected chi connectivity index (χ2v) is 6.92. The molecular formula is C20H18F3N5O2. The molecule has 2 heterocycles. The molecule has 1 amide bonds. The van der Waals surface area contributed by atoms with Gasteiger partial charge in [-0.1, -0.05) is 18.2 Å². The third-order valence-electron chi connectivity index (χ3n) is 5.01. The van der Waals surface area contributed by atoms with E-state index in [1.807, 2.05) is 0 Å². The average molecular weight is 417 g/mol. The third-order valence-corrected chi connectivity index (χ3v) is 5.01. The van der Waals surface area contributed by atoms with Crippen molar-refractivity contribution in [2.45, 2.75) is 18.3 Å². The molecule has 0 bridgehead atoms. The average Bonchev–Trinajstić information content (AvgIpc) is 3.15. The van der Waals surface area contributed by atoms with E-state index in [0.717, 1.165) is 5.56 Å². The van der Waals surface area contributed by atoms with Gasteiger partial charge in [-0.05, 0) is 29.8 Å². The summed E-state index contributed by atoms with van der Waals surface area (Å²) in [5, 5.41) is 7.32. The fourth-order valence-corrected chi connectivity index (χ4v) is 3.67. The summed E-state index contributed by atoms with van der Waals surface area (Å²) in [6, 6.07) is 10.9. The van der Waals surface area contributed by atoms with Crippen LogP contribution >= 0.6 is 0 Å². The number of carbonyl (C=O) groups is 1. The van der Waals surface area contributed by atoms with Gasteiger partial charge < -0.3 is 21.1 Å². The van der Waals surface area contributed by atoms with Gasteiger partial charge in [0, 0.05) is 30.4 Å². The van der Waals surface area contributed by atoms with Gasteiger partial charge >= 0.3 is 6.36 Å². The van der Waals surface area contributed by atoms with Crippen LogP contribution in [0.5, 0.6) is 5.75 Å². The standard InChI is InChI=1S/C20H18F3N5O2/c21-20(22,23)30-12-6-4-11(5-7-12)15-8-25-9-16(15)28-19-14-3-1-2-13(18(24)29)17(14)26-10-27-19/h1-7,10,15-16,25H,8-9H2,(H2,24,29)(H,26,27,28)/t15-,16-/m0/s1. The molecule has 1 saturated heterocycles. The molecule has 0 radical (unpaired) electrons. The minimum absolute atomic E-state index is 0.00530. The zero-order valence-electron chi connectivity index (χ0n) is 15.6. The number of anilines is 1. The second kappa shape index (κ2) is 7.79. The van der Waals surface area contributed by atoms with E-state index in [-0.39, 0.29) is 17.7 Å². The Morgan fingerprint density at radius 3 is 2.60 bits per heavy atom. The molecule has 4 N–H and O–H groups in total. The number of ether oxygens (including phenoxy) is 1. The summed E-state index contributed by atoms with van der Waals surface area (Å²) >= 11 is 0. The number of hydrogen-bond donors (Lipinski definition) is 3. The largest absolute Gasteiger partial charge is 0.573 e. The number of primary amides is 1. The third kappa shape index (κ3) is 4.13. The Balaban J connectivity index is 1.58. The Morgan fingerprint density at radius 1 is 1.13 bits per heavy atom. The molecule has 3 aromatic rings. The summed E-state index contributed by atoms with van der Waals surface area (Å²) in [7, 11) is 0. The lowest BCUT2D eigenvalue weighted by Gasteiger charge is -2.22. The number of nitrogens with one attached hydrogen (secondary N) is 2. The molecule has 1 aliphatic heterocycles. The van der Waals surface area contributed by atoms with Gasteiger partial charge in [0.25, 0.3) is 5.91 Å². The first kappa shape index (κ1) is 19.9. The van der Waals surface area contributed by atoms with Gasteiger partial charge in [0.2, 0.25) is 0 Å². The van der Waals surface area contributed by atoms with Crippen LogP contribution in [0.4, 0.5) is 19.0 Å². The quantitative estimate of drug-likeness (QED) is 0.590. The van der Waals surface area contributed by atoms with Crippen LogP contribution in [0.1, 0.15) is 21.8 Å². The summed E-state index contributed by atoms with van der Waals surface area (Å²) in [4.78, 5) is 20.2. The molecule has 1 fully saturated rings. The molecule has 0 aliphatic carbocycles. The minimum Gasteiger partial charge on any atom is -0.406 e. The molecular weight excluding hydrogens is 399 g/mol. The smallest absolute Gasteiger partial charge is 0.406 e. The number of alkyl halides is 3. The molecule has 0 unspecified atom stereocenters. The number of fused-ring (bicyclic) bond motifs is 1. The van der Waals surface area contributed by atoms with Crippen LogP contribution in [0.2, 0.25) is 0 Å². The maximum absolute atomic E-state index is 12.4. The lowest BCUT2D eigenvalue weighted by molar-refractivity contribution is -0.274. The van der Waals surface area contributed by atoms with Crippen molar-refractivity contribution in [1.29, 1.82) is 0 Å². The van der Waals surface area contributed by atoms with Crippen LogP contribution in [0.15, 0.2) is 48.8 Å². The van der Waals surface area contributed by atoms with Gasteiger partial charge in [0.1, 0.15) is 17.9 Å². The number of amides is 1. The summed E-state index contributed by atoms with van der Waals surface area (Å²) in [5.41, 5.74) is 7.06. The summed E-state index contributed by atoms with van der Waals surface area (Å²) < 4.78 is 41.0. The van der Waals surface area contributed by atoms with Crippen molar-refractivity contribution in [3.63, 3.8) is 0 Å². The SMILES string of the molecule is NC(=O)c1cccc2c(N[C@H]3CNC[C@H]3c3ccc(OC(F)(F)F)cc3)ncnc12. The Bertz CT molecular complexity index is 1070. The molecule has 7 nitrogen and oxygen atoms in total. The molecule has 0 saturated carbocycles. The van der Waals surface area contributed by atoms with Gasteiger partial charge in [0.15, 0.2) is 0 Å². The Hall–Kier alpha value is -3.40. The number of rotatable bonds is 5. The molecule has 4 rings (SSSR count). The van der Waals surface area contributed by atoms with Crippen molar-refractivity contribution in [2.24, 2.45) is 5.73 Å². The maximum atomic E-state index is 12.4. The van der Waals surface area contributed by atoms with Crippen molar-refractivity contribution in [3.8, 4) is 5.75 Å². The van der Waals surface area contributed by atoms with Crippen molar-refractivity contribution in [3.05, 3.63) is 59.9 Å². The zero-order chi connectivity index (χ0) is 21.3. The number of para-hydroxylation sites is 1. The van der Waals surface area contributed by atoms with E-state index >= 15 is 0 Å². The molecule has 2 atom stereocenters. The Kier molecular flexibility index (Phi) is 5.17. The van der Waals surface area contributed by atoms with E-state index < -0.39 is 12.3 Å². The molecule has 156 valence electrons. The molecule has 2 aromatic carbocycles. The summed E-state index contributed by atoms with van der Waals surface area (Å²) in [5.74, 6) is -0.289. The lowest BCUT2D eigenvalue weighted by Crippen LogP contribution is -2.28. The number of aromatic nitrogens is 2. The molecule has 10 heteroatoms. The number of halogens is 3. The van der Waals surface area contributed by atoms with Crippen molar-refractivity contribution in [1.82, 2.24) is 15.3 Å². The first-order valence-electron chi connectivity index (χ1n) is 9.18. The maximum Gasteiger partial charge on any atom is 0.573 e. The van der Waals surface area contributed by atoms with E-state index in [0.29, 0.717) is 35.4 Å². The van der Waals surface area contributed by atoms with Crippen LogP contribution in [0, 0.1) is 0 Å². The first-order valence-corrected chi connectivity index (χ1v) is 9.18. The van der Waals surface area contributed by atoms with Gasteiger partial charge in [-0.3, -0.25) is 4.79 Å². The Labute approximate surface area is 169 Å². The fourth-order valence-electron chi connectivity index (χ4n) is 3.67. The van der Waals surface area contributed by atoms with Gasteiger partial charge in [-0.25, -0.2) is 9.97 Å². The lowest BCUT2D eigenvalue weighted by atomic mass is 9.94. The highest BCUT2D eigenvalue weighted by atomic mass is 19.4. The Morgan fingerprint density at radius 2 is 1.90 bits per heavy atom. The minimum atomic E-state index is -4.72. The monoisotopic (exact) mass is 417 g/mol. The number of hydrogen-bond acceptors (Lipinski definition) is 6. The number of carbonyl (C=O) groups excluding carboxylic acids is 1. The second-order valence-electron chi connectivity index (χ2n) is 6.92. The summed E-state index contributed by atoms with van der Waals surface area (Å²) in [6.07, 6.45) is -3.36. The number of nitrogens with two attached hydrogens (primary N) is 1. The van der Waals surface area contributed by atoms with Gasteiger partial charge in [-0.2, -0.15) is 0 Å². The van der Waals surface area contributed by atoms with E-state index in [1.165, 1.54) is 18.5 Å². The number of nitrogens with zero attached hydrogens (tertiary/aromatic N) is 2. The topological polar surface area (TPSA) is 102 Å². The highest BCUT2D eigenvalue weighted by Crippen LogP contribution is 2.30.